The van der Waals surface area contributed by atoms with E-state index in [2.05, 4.69) is 0 Å². The molecule has 0 saturated carbocycles. The number of anilines is 1. The topological polar surface area (TPSA) is 41.5 Å². The van der Waals surface area contributed by atoms with Crippen LogP contribution in [0.1, 0.15) is 0 Å². The van der Waals surface area contributed by atoms with Crippen molar-refractivity contribution in [1.29, 1.82) is 0 Å². The molecule has 0 aliphatic carbocycles. The highest BCUT2D eigenvalue weighted by Gasteiger charge is 2.38. The van der Waals surface area contributed by atoms with E-state index in [1.807, 2.05) is 5.32 Å². The quantitative estimate of drug-likeness (QED) is 0.767. The molecule has 0 radical (unpaired) electrons. The molecule has 84 valence electrons. The maximum Gasteiger partial charge on any atom is 0.433 e. The molecule has 0 aromatic heterocycles. The number of methoxy groups -OCH3 is 1. The molecule has 0 aliphatic rings. The number of benzene rings is 1. The van der Waals surface area contributed by atoms with Crippen molar-refractivity contribution >= 4 is 5.69 Å². The minimum atomic E-state index is -4.68. The van der Waals surface area contributed by atoms with Crippen LogP contribution < -0.4 is 10.1 Å². The average molecular weight is 221 g/mol. The molecule has 15 heavy (non-hydrogen) atoms. The predicted octanol–water partition coefficient (Wildman–Crippen LogP) is 1.99. The first kappa shape index (κ1) is 11.6. The van der Waals surface area contributed by atoms with E-state index in [4.69, 9.17) is 9.84 Å². The summed E-state index contributed by atoms with van der Waals surface area (Å²) >= 11 is 0. The molecule has 0 saturated heterocycles. The van der Waals surface area contributed by atoms with Gasteiger partial charge in [-0.15, -0.1) is 0 Å². The fourth-order valence-electron chi connectivity index (χ4n) is 0.927. The molecule has 2 N–H and O–H groups in total. The Balaban J connectivity index is 2.65. The van der Waals surface area contributed by atoms with E-state index in [-0.39, 0.29) is 5.69 Å². The van der Waals surface area contributed by atoms with Crippen molar-refractivity contribution in [2.45, 2.75) is 12.4 Å². The van der Waals surface area contributed by atoms with Gasteiger partial charge in [0.2, 0.25) is 6.23 Å². The van der Waals surface area contributed by atoms with E-state index >= 15 is 0 Å². The van der Waals surface area contributed by atoms with Gasteiger partial charge >= 0.3 is 6.18 Å². The van der Waals surface area contributed by atoms with Gasteiger partial charge in [-0.1, -0.05) is 0 Å². The molecular weight excluding hydrogens is 211 g/mol. The van der Waals surface area contributed by atoms with Crippen LogP contribution in [0.3, 0.4) is 0 Å². The van der Waals surface area contributed by atoms with E-state index in [0.29, 0.717) is 5.75 Å². The van der Waals surface area contributed by atoms with Crippen molar-refractivity contribution in [2.24, 2.45) is 0 Å². The molecule has 1 rings (SSSR count). The summed E-state index contributed by atoms with van der Waals surface area (Å²) in [5.41, 5.74) is 0.167. The third-order valence-electron chi connectivity index (χ3n) is 1.70. The molecule has 0 amide bonds. The number of alkyl halides is 3. The Hall–Kier alpha value is -1.43. The predicted molar refractivity (Wildman–Crippen MR) is 48.7 cm³/mol. The standard InChI is InChI=1S/C9H10F3NO2/c1-15-7-4-2-6(3-5-7)13-8(14)9(10,11)12/h2-5,8,13-14H,1H3. The van der Waals surface area contributed by atoms with E-state index in [1.54, 1.807) is 0 Å². The van der Waals surface area contributed by atoms with E-state index < -0.39 is 12.4 Å². The van der Waals surface area contributed by atoms with Crippen LogP contribution in [-0.4, -0.2) is 24.6 Å². The number of hydrogen-bond acceptors (Lipinski definition) is 3. The summed E-state index contributed by atoms with van der Waals surface area (Å²) in [6.07, 6.45) is -7.24. The lowest BCUT2D eigenvalue weighted by Gasteiger charge is -2.17. The maximum atomic E-state index is 11.9. The zero-order valence-corrected chi connectivity index (χ0v) is 7.88. The van der Waals surface area contributed by atoms with Crippen LogP contribution in [0.2, 0.25) is 0 Å². The molecule has 1 atom stereocenters. The average Bonchev–Trinajstić information content (AvgIpc) is 2.17. The normalized spacial score (nSPS) is 13.4. The van der Waals surface area contributed by atoms with Gasteiger partial charge in [-0.05, 0) is 24.3 Å². The smallest absolute Gasteiger partial charge is 0.433 e. The Bertz CT molecular complexity index is 310. The second-order valence-electron chi connectivity index (χ2n) is 2.82. The van der Waals surface area contributed by atoms with Gasteiger partial charge in [0.25, 0.3) is 0 Å². The largest absolute Gasteiger partial charge is 0.497 e. The first-order valence-corrected chi connectivity index (χ1v) is 4.09. The fraction of sp³-hybridized carbons (Fsp3) is 0.333. The minimum absolute atomic E-state index is 0.167. The van der Waals surface area contributed by atoms with Crippen LogP contribution in [-0.2, 0) is 0 Å². The summed E-state index contributed by atoms with van der Waals surface area (Å²) < 4.78 is 40.7. The third-order valence-corrected chi connectivity index (χ3v) is 1.70. The minimum Gasteiger partial charge on any atom is -0.497 e. The van der Waals surface area contributed by atoms with Crippen molar-refractivity contribution in [2.75, 3.05) is 12.4 Å². The number of nitrogens with one attached hydrogen (secondary N) is 1. The monoisotopic (exact) mass is 221 g/mol. The first-order chi connectivity index (χ1) is 6.93. The van der Waals surface area contributed by atoms with Gasteiger partial charge in [0.05, 0.1) is 7.11 Å². The van der Waals surface area contributed by atoms with Gasteiger partial charge in [-0.2, -0.15) is 13.2 Å². The van der Waals surface area contributed by atoms with Crippen LogP contribution >= 0.6 is 0 Å². The third kappa shape index (κ3) is 3.32. The zero-order valence-electron chi connectivity index (χ0n) is 7.88. The molecule has 0 spiro atoms. The molecule has 0 aliphatic heterocycles. The molecule has 1 unspecified atom stereocenters. The highest BCUT2D eigenvalue weighted by molar-refractivity contribution is 5.46. The number of hydrogen-bond donors (Lipinski definition) is 2. The lowest BCUT2D eigenvalue weighted by molar-refractivity contribution is -0.194. The van der Waals surface area contributed by atoms with Crippen LogP contribution in [0.5, 0.6) is 5.75 Å². The molecule has 6 heteroatoms. The van der Waals surface area contributed by atoms with Crippen molar-refractivity contribution in [3.05, 3.63) is 24.3 Å². The molecule has 1 aromatic carbocycles. The van der Waals surface area contributed by atoms with E-state index in [0.717, 1.165) is 0 Å². The summed E-state index contributed by atoms with van der Waals surface area (Å²) in [5.74, 6) is 0.530. The fourth-order valence-corrected chi connectivity index (χ4v) is 0.927. The number of ether oxygens (including phenoxy) is 1. The van der Waals surface area contributed by atoms with Crippen molar-refractivity contribution in [1.82, 2.24) is 0 Å². The Morgan fingerprint density at radius 3 is 2.20 bits per heavy atom. The Labute approximate surface area is 84.5 Å². The van der Waals surface area contributed by atoms with Crippen LogP contribution in [0.15, 0.2) is 24.3 Å². The summed E-state index contributed by atoms with van der Waals surface area (Å²) in [7, 11) is 1.45. The zero-order chi connectivity index (χ0) is 11.5. The molecule has 0 bridgehead atoms. The van der Waals surface area contributed by atoms with Crippen molar-refractivity contribution < 1.29 is 23.0 Å². The number of halogens is 3. The maximum absolute atomic E-state index is 11.9. The number of aliphatic hydroxyl groups is 1. The summed E-state index contributed by atoms with van der Waals surface area (Å²) in [6, 6.07) is 5.75. The molecule has 3 nitrogen and oxygen atoms in total. The van der Waals surface area contributed by atoms with Crippen molar-refractivity contribution in [3.63, 3.8) is 0 Å². The summed E-state index contributed by atoms with van der Waals surface area (Å²) in [6.45, 7) is 0. The molecule has 0 fully saturated rings. The number of rotatable bonds is 3. The van der Waals surface area contributed by atoms with Gasteiger partial charge in [-0.25, -0.2) is 0 Å². The second-order valence-corrected chi connectivity index (χ2v) is 2.82. The summed E-state index contributed by atoms with van der Waals surface area (Å²) in [5, 5.41) is 10.6. The SMILES string of the molecule is COc1ccc(NC(O)C(F)(F)F)cc1. The Kier molecular flexibility index (Phi) is 3.41. The van der Waals surface area contributed by atoms with E-state index in [1.165, 1.54) is 31.4 Å². The molecule has 1 aromatic rings. The summed E-state index contributed by atoms with van der Waals surface area (Å²) in [4.78, 5) is 0. The van der Waals surface area contributed by atoms with Crippen LogP contribution in [0.4, 0.5) is 18.9 Å². The Morgan fingerprint density at radius 2 is 1.80 bits per heavy atom. The number of aliphatic hydroxyl groups excluding tert-OH is 1. The molecular formula is C9H10F3NO2. The lowest BCUT2D eigenvalue weighted by atomic mass is 10.3. The van der Waals surface area contributed by atoms with Crippen molar-refractivity contribution in [3.8, 4) is 5.75 Å². The second kappa shape index (κ2) is 4.39. The molecule has 0 heterocycles. The van der Waals surface area contributed by atoms with Gasteiger partial charge in [0, 0.05) is 5.69 Å². The van der Waals surface area contributed by atoms with Gasteiger partial charge < -0.3 is 15.2 Å². The highest BCUT2D eigenvalue weighted by atomic mass is 19.4. The van der Waals surface area contributed by atoms with Gasteiger partial charge in [0.1, 0.15) is 5.75 Å². The van der Waals surface area contributed by atoms with Gasteiger partial charge in [0.15, 0.2) is 0 Å². The van der Waals surface area contributed by atoms with Gasteiger partial charge in [-0.3, -0.25) is 0 Å². The highest BCUT2D eigenvalue weighted by Crippen LogP contribution is 2.23. The Morgan fingerprint density at radius 1 is 1.27 bits per heavy atom. The first-order valence-electron chi connectivity index (χ1n) is 4.09. The van der Waals surface area contributed by atoms with E-state index in [9.17, 15) is 13.2 Å². The van der Waals surface area contributed by atoms with Crippen LogP contribution in [0, 0.1) is 0 Å². The lowest BCUT2D eigenvalue weighted by Crippen LogP contribution is -2.35. The van der Waals surface area contributed by atoms with Crippen LogP contribution in [0.25, 0.3) is 0 Å².